The molecule has 2 aromatic rings. The predicted octanol–water partition coefficient (Wildman–Crippen LogP) is 4.97. The summed E-state index contributed by atoms with van der Waals surface area (Å²) in [6.07, 6.45) is 4.77. The number of nitrogens with one attached hydrogen (secondary N) is 1. The Morgan fingerprint density at radius 2 is 1.86 bits per heavy atom. The van der Waals surface area contributed by atoms with Gasteiger partial charge in [-0.3, -0.25) is 9.36 Å². The van der Waals surface area contributed by atoms with E-state index in [0.29, 0.717) is 12.6 Å². The molecule has 0 unspecified atom stereocenters. The lowest BCUT2D eigenvalue weighted by molar-refractivity contribution is -0.120. The highest BCUT2D eigenvalue weighted by Crippen LogP contribution is 2.38. The smallest absolute Gasteiger partial charge is 0.233 e. The van der Waals surface area contributed by atoms with Gasteiger partial charge in [0.2, 0.25) is 5.91 Å². The molecule has 5 nitrogen and oxygen atoms in total. The van der Waals surface area contributed by atoms with Crippen molar-refractivity contribution in [3.63, 3.8) is 0 Å². The molecule has 1 fully saturated rings. The van der Waals surface area contributed by atoms with E-state index in [0.717, 1.165) is 29.4 Å². The molecule has 1 aliphatic rings. The highest BCUT2D eigenvalue weighted by molar-refractivity contribution is 8.00. The van der Waals surface area contributed by atoms with Crippen molar-refractivity contribution in [2.24, 2.45) is 0 Å². The van der Waals surface area contributed by atoms with E-state index in [1.165, 1.54) is 30.2 Å². The summed E-state index contributed by atoms with van der Waals surface area (Å²) < 4.78 is 2.28. The Hall–Kier alpha value is -1.82. The van der Waals surface area contributed by atoms with E-state index in [9.17, 15) is 4.79 Å². The number of carbonyl (C=O) groups is 1. The molecule has 0 aliphatic heterocycles. The number of hydrogen-bond acceptors (Lipinski definition) is 4. The van der Waals surface area contributed by atoms with Crippen LogP contribution in [-0.4, -0.2) is 32.5 Å². The van der Waals surface area contributed by atoms with Crippen molar-refractivity contribution in [3.05, 3.63) is 29.8 Å². The summed E-state index contributed by atoms with van der Waals surface area (Å²) >= 11 is 1.51. The van der Waals surface area contributed by atoms with E-state index in [2.05, 4.69) is 65.1 Å². The van der Waals surface area contributed by atoms with Crippen LogP contribution < -0.4 is 5.32 Å². The van der Waals surface area contributed by atoms with Crippen molar-refractivity contribution in [2.75, 3.05) is 6.54 Å². The van der Waals surface area contributed by atoms with Crippen molar-refractivity contribution < 1.29 is 4.79 Å². The lowest BCUT2D eigenvalue weighted by Gasteiger charge is -2.20. The Labute approximate surface area is 172 Å². The van der Waals surface area contributed by atoms with E-state index in [4.69, 9.17) is 0 Å². The highest BCUT2D eigenvalue weighted by Gasteiger charge is 2.27. The third kappa shape index (κ3) is 4.59. The van der Waals surface area contributed by atoms with E-state index in [1.807, 2.05) is 13.8 Å². The maximum Gasteiger partial charge on any atom is 0.233 e. The summed E-state index contributed by atoms with van der Waals surface area (Å²) in [6.45, 7) is 11.2. The molecule has 6 heteroatoms. The van der Waals surface area contributed by atoms with Gasteiger partial charge < -0.3 is 5.32 Å². The van der Waals surface area contributed by atoms with Gasteiger partial charge in [-0.25, -0.2) is 0 Å². The predicted molar refractivity (Wildman–Crippen MR) is 116 cm³/mol. The first-order valence-electron chi connectivity index (χ1n) is 10.3. The first kappa shape index (κ1) is 20.9. The standard InChI is InChI=1S/C22H32N4OS/c1-6-23-20(27)15(2)28-21-25-24-19(26(21)18-9-7-8-10-18)16-11-13-17(14-12-16)22(3,4)5/h11-15,18H,6-10H2,1-5H3,(H,23,27)/t15-/m1/s1. The van der Waals surface area contributed by atoms with Gasteiger partial charge in [0.25, 0.3) is 0 Å². The third-order valence-corrected chi connectivity index (χ3v) is 6.42. The van der Waals surface area contributed by atoms with Crippen LogP contribution in [-0.2, 0) is 10.2 Å². The minimum Gasteiger partial charge on any atom is -0.355 e. The maximum absolute atomic E-state index is 12.2. The molecule has 0 saturated heterocycles. The molecule has 0 radical (unpaired) electrons. The summed E-state index contributed by atoms with van der Waals surface area (Å²) in [5, 5.41) is 12.6. The van der Waals surface area contributed by atoms with Crippen molar-refractivity contribution in [2.45, 2.75) is 82.2 Å². The lowest BCUT2D eigenvalue weighted by Crippen LogP contribution is -2.30. The van der Waals surface area contributed by atoms with Gasteiger partial charge in [-0.2, -0.15) is 0 Å². The van der Waals surface area contributed by atoms with Crippen molar-refractivity contribution in [3.8, 4) is 11.4 Å². The van der Waals surface area contributed by atoms with Crippen molar-refractivity contribution in [1.29, 1.82) is 0 Å². The number of benzene rings is 1. The topological polar surface area (TPSA) is 59.8 Å². The van der Waals surface area contributed by atoms with Gasteiger partial charge in [0.1, 0.15) is 0 Å². The van der Waals surface area contributed by atoms with Gasteiger partial charge in [0.05, 0.1) is 5.25 Å². The fourth-order valence-corrected chi connectivity index (χ4v) is 4.64. The summed E-state index contributed by atoms with van der Waals surface area (Å²) in [4.78, 5) is 12.2. The molecule has 1 aromatic carbocycles. The van der Waals surface area contributed by atoms with E-state index >= 15 is 0 Å². The van der Waals surface area contributed by atoms with Crippen LogP contribution in [0.25, 0.3) is 11.4 Å². The number of amides is 1. The second kappa shape index (κ2) is 8.68. The second-order valence-corrected chi connectivity index (χ2v) is 9.90. The van der Waals surface area contributed by atoms with Gasteiger partial charge >= 0.3 is 0 Å². The zero-order valence-corrected chi connectivity index (χ0v) is 18.5. The first-order valence-corrected chi connectivity index (χ1v) is 11.2. The number of rotatable bonds is 6. The Kier molecular flexibility index (Phi) is 6.48. The number of aromatic nitrogens is 3. The summed E-state index contributed by atoms with van der Waals surface area (Å²) in [5.41, 5.74) is 2.52. The summed E-state index contributed by atoms with van der Waals surface area (Å²) in [7, 11) is 0. The van der Waals surface area contributed by atoms with E-state index in [-0.39, 0.29) is 16.6 Å². The van der Waals surface area contributed by atoms with Gasteiger partial charge in [-0.05, 0) is 37.7 Å². The van der Waals surface area contributed by atoms with Crippen LogP contribution >= 0.6 is 11.8 Å². The fourth-order valence-electron chi connectivity index (χ4n) is 3.69. The quantitative estimate of drug-likeness (QED) is 0.695. The second-order valence-electron chi connectivity index (χ2n) is 8.60. The molecule has 1 amide bonds. The summed E-state index contributed by atoms with van der Waals surface area (Å²) in [5.74, 6) is 0.961. The fraction of sp³-hybridized carbons (Fsp3) is 0.591. The van der Waals surface area contributed by atoms with Gasteiger partial charge in [0.15, 0.2) is 11.0 Å². The molecule has 1 N–H and O–H groups in total. The molecule has 28 heavy (non-hydrogen) atoms. The van der Waals surface area contributed by atoms with Crippen LogP contribution in [0.5, 0.6) is 0 Å². The van der Waals surface area contributed by atoms with Crippen LogP contribution in [0.15, 0.2) is 29.4 Å². The normalized spacial score (nSPS) is 16.3. The van der Waals surface area contributed by atoms with Crippen LogP contribution in [0.1, 0.15) is 71.9 Å². The molecule has 1 heterocycles. The highest BCUT2D eigenvalue weighted by atomic mass is 32.2. The molecular weight excluding hydrogens is 368 g/mol. The Balaban J connectivity index is 1.93. The average Bonchev–Trinajstić information content (AvgIpc) is 3.30. The van der Waals surface area contributed by atoms with E-state index < -0.39 is 0 Å². The Morgan fingerprint density at radius 3 is 2.43 bits per heavy atom. The van der Waals surface area contributed by atoms with Crippen LogP contribution in [0.3, 0.4) is 0 Å². The van der Waals surface area contributed by atoms with Gasteiger partial charge in [0, 0.05) is 18.2 Å². The first-order chi connectivity index (χ1) is 13.3. The van der Waals surface area contributed by atoms with Gasteiger partial charge in [-0.1, -0.05) is 69.6 Å². The SMILES string of the molecule is CCNC(=O)[C@@H](C)Sc1nnc(-c2ccc(C(C)(C)C)cc2)n1C1CCCC1. The number of carbonyl (C=O) groups excluding carboxylic acids is 1. The molecule has 1 aromatic heterocycles. The maximum atomic E-state index is 12.2. The van der Waals surface area contributed by atoms with Crippen LogP contribution in [0, 0.1) is 0 Å². The zero-order chi connectivity index (χ0) is 20.3. The average molecular weight is 401 g/mol. The molecule has 1 aliphatic carbocycles. The van der Waals surface area contributed by atoms with Crippen LogP contribution in [0.2, 0.25) is 0 Å². The number of hydrogen-bond donors (Lipinski definition) is 1. The largest absolute Gasteiger partial charge is 0.355 e. The lowest BCUT2D eigenvalue weighted by atomic mass is 9.86. The molecular formula is C22H32N4OS. The summed E-state index contributed by atoms with van der Waals surface area (Å²) in [6, 6.07) is 9.09. The molecule has 1 saturated carbocycles. The number of thioether (sulfide) groups is 1. The third-order valence-electron chi connectivity index (χ3n) is 5.37. The zero-order valence-electron chi connectivity index (χ0n) is 17.7. The minimum absolute atomic E-state index is 0.0459. The van der Waals surface area contributed by atoms with Crippen LogP contribution in [0.4, 0.5) is 0 Å². The van der Waals surface area contributed by atoms with E-state index in [1.54, 1.807) is 0 Å². The van der Waals surface area contributed by atoms with Gasteiger partial charge in [-0.15, -0.1) is 10.2 Å². The monoisotopic (exact) mass is 400 g/mol. The van der Waals surface area contributed by atoms with Crippen molar-refractivity contribution in [1.82, 2.24) is 20.1 Å². The minimum atomic E-state index is -0.194. The molecule has 0 spiro atoms. The molecule has 1 atom stereocenters. The molecule has 3 rings (SSSR count). The Morgan fingerprint density at radius 1 is 1.21 bits per heavy atom. The molecule has 152 valence electrons. The van der Waals surface area contributed by atoms with Crippen molar-refractivity contribution >= 4 is 17.7 Å². The number of nitrogens with zero attached hydrogens (tertiary/aromatic N) is 3. The molecule has 0 bridgehead atoms. The Bertz CT molecular complexity index is 801.